The lowest BCUT2D eigenvalue weighted by Gasteiger charge is -2.22. The second kappa shape index (κ2) is 7.20. The van der Waals surface area contributed by atoms with Crippen LogP contribution in [0.25, 0.3) is 0 Å². The van der Waals surface area contributed by atoms with Crippen LogP contribution < -0.4 is 5.32 Å². The smallest absolute Gasteiger partial charge is 0.246 e. The Bertz CT molecular complexity index is 574. The Hall–Kier alpha value is -2.17. The van der Waals surface area contributed by atoms with Gasteiger partial charge in [0.2, 0.25) is 11.8 Å². The van der Waals surface area contributed by atoms with E-state index < -0.39 is 6.04 Å². The summed E-state index contributed by atoms with van der Waals surface area (Å²) >= 11 is 0. The van der Waals surface area contributed by atoms with E-state index in [1.807, 2.05) is 13.0 Å². The fraction of sp³-hybridized carbons (Fsp3) is 0.412. The largest absolute Gasteiger partial charge is 0.355 e. The van der Waals surface area contributed by atoms with Crippen molar-refractivity contribution in [2.75, 3.05) is 13.1 Å². The van der Waals surface area contributed by atoms with Crippen molar-refractivity contribution in [1.82, 2.24) is 10.2 Å². The zero-order valence-corrected chi connectivity index (χ0v) is 12.7. The number of likely N-dealkylation sites (N-methyl/N-ethyl adjacent to an activating group) is 1. The molecule has 0 unspecified atom stereocenters. The third-order valence-electron chi connectivity index (χ3n) is 3.91. The summed E-state index contributed by atoms with van der Waals surface area (Å²) in [6, 6.07) is 5.97. The maximum atomic E-state index is 13.3. The molecule has 1 aliphatic rings. The van der Waals surface area contributed by atoms with Gasteiger partial charge in [0.05, 0.1) is 0 Å². The lowest BCUT2D eigenvalue weighted by atomic mass is 9.96. The number of hydrogen-bond donors (Lipinski definition) is 1. The molecule has 0 aromatic heterocycles. The van der Waals surface area contributed by atoms with Crippen LogP contribution in [0.2, 0.25) is 0 Å². The zero-order valence-electron chi connectivity index (χ0n) is 12.7. The van der Waals surface area contributed by atoms with E-state index in [2.05, 4.69) is 11.9 Å². The Labute approximate surface area is 130 Å². The number of amides is 2. The second-order valence-electron chi connectivity index (χ2n) is 5.54. The van der Waals surface area contributed by atoms with Gasteiger partial charge < -0.3 is 10.2 Å². The highest BCUT2D eigenvalue weighted by atomic mass is 19.1. The van der Waals surface area contributed by atoms with E-state index in [1.54, 1.807) is 11.0 Å². The highest BCUT2D eigenvalue weighted by molar-refractivity contribution is 5.93. The first-order valence-corrected chi connectivity index (χ1v) is 7.50. The van der Waals surface area contributed by atoms with Gasteiger partial charge in [-0.2, -0.15) is 0 Å². The van der Waals surface area contributed by atoms with Gasteiger partial charge in [-0.05, 0) is 49.5 Å². The Morgan fingerprint density at radius 2 is 2.27 bits per heavy atom. The van der Waals surface area contributed by atoms with E-state index >= 15 is 0 Å². The van der Waals surface area contributed by atoms with Gasteiger partial charge >= 0.3 is 0 Å². The molecule has 0 bridgehead atoms. The molecule has 1 fully saturated rings. The number of likely N-dealkylation sites (tertiary alicyclic amines) is 1. The van der Waals surface area contributed by atoms with Gasteiger partial charge in [-0.25, -0.2) is 4.39 Å². The minimum atomic E-state index is -0.469. The van der Waals surface area contributed by atoms with Crippen molar-refractivity contribution in [1.29, 1.82) is 0 Å². The van der Waals surface area contributed by atoms with Crippen LogP contribution in [0.1, 0.15) is 18.9 Å². The number of carbonyl (C=O) groups is 2. The predicted molar refractivity (Wildman–Crippen MR) is 82.6 cm³/mol. The molecule has 1 aromatic carbocycles. The van der Waals surface area contributed by atoms with Crippen LogP contribution in [0.5, 0.6) is 0 Å². The number of nitrogens with zero attached hydrogens (tertiary/aromatic N) is 1. The normalized spacial score (nSPS) is 20.7. The van der Waals surface area contributed by atoms with E-state index in [0.29, 0.717) is 25.9 Å². The van der Waals surface area contributed by atoms with Crippen molar-refractivity contribution >= 4 is 11.8 Å². The molecule has 1 saturated heterocycles. The van der Waals surface area contributed by atoms with Crippen molar-refractivity contribution < 1.29 is 14.0 Å². The average Bonchev–Trinajstić information content (AvgIpc) is 2.90. The van der Waals surface area contributed by atoms with Crippen molar-refractivity contribution in [2.24, 2.45) is 5.92 Å². The molecule has 2 rings (SSSR count). The first-order chi connectivity index (χ1) is 10.5. The van der Waals surface area contributed by atoms with Gasteiger partial charge in [-0.1, -0.05) is 18.7 Å². The Morgan fingerprint density at radius 1 is 1.50 bits per heavy atom. The molecule has 0 radical (unpaired) electrons. The highest BCUT2D eigenvalue weighted by Crippen LogP contribution is 2.27. The van der Waals surface area contributed by atoms with Gasteiger partial charge in [0, 0.05) is 13.1 Å². The maximum Gasteiger partial charge on any atom is 0.246 e. The van der Waals surface area contributed by atoms with Crippen LogP contribution in [0.3, 0.4) is 0 Å². The zero-order chi connectivity index (χ0) is 16.1. The van der Waals surface area contributed by atoms with E-state index in [1.165, 1.54) is 18.2 Å². The van der Waals surface area contributed by atoms with Crippen LogP contribution in [-0.4, -0.2) is 35.8 Å². The molecule has 5 heteroatoms. The molecule has 1 aromatic rings. The summed E-state index contributed by atoms with van der Waals surface area (Å²) < 4.78 is 13.3. The van der Waals surface area contributed by atoms with E-state index in [9.17, 15) is 14.0 Å². The number of carbonyl (C=O) groups excluding carboxylic acids is 2. The molecule has 4 nitrogen and oxygen atoms in total. The molecule has 1 aliphatic heterocycles. The average molecular weight is 304 g/mol. The van der Waals surface area contributed by atoms with Gasteiger partial charge in [0.1, 0.15) is 11.9 Å². The van der Waals surface area contributed by atoms with E-state index in [-0.39, 0.29) is 23.5 Å². The fourth-order valence-corrected chi connectivity index (χ4v) is 2.97. The predicted octanol–water partition coefficient (Wildman–Crippen LogP) is 1.91. The highest BCUT2D eigenvalue weighted by Gasteiger charge is 2.38. The molecule has 1 heterocycles. The third-order valence-corrected chi connectivity index (χ3v) is 3.91. The Kier molecular flexibility index (Phi) is 5.31. The van der Waals surface area contributed by atoms with Crippen molar-refractivity contribution in [3.05, 3.63) is 48.3 Å². The quantitative estimate of drug-likeness (QED) is 0.845. The standard InChI is InChI=1S/C17H21FN2O2/c1-3-16(21)20-11-13(10-15(20)17(22)19-4-2)8-12-6-5-7-14(18)9-12/h3,5-7,9,13,15H,1,4,8,10-11H2,2H3,(H,19,22)/t13-,15+/m1/s1. The summed E-state index contributed by atoms with van der Waals surface area (Å²) in [5, 5.41) is 2.76. The summed E-state index contributed by atoms with van der Waals surface area (Å²) in [5.41, 5.74) is 0.882. The van der Waals surface area contributed by atoms with E-state index in [4.69, 9.17) is 0 Å². The topological polar surface area (TPSA) is 49.4 Å². The van der Waals surface area contributed by atoms with Gasteiger partial charge in [0.15, 0.2) is 0 Å². The minimum absolute atomic E-state index is 0.137. The van der Waals surface area contributed by atoms with Crippen LogP contribution in [-0.2, 0) is 16.0 Å². The van der Waals surface area contributed by atoms with Crippen molar-refractivity contribution in [2.45, 2.75) is 25.8 Å². The maximum absolute atomic E-state index is 13.3. The fourth-order valence-electron chi connectivity index (χ4n) is 2.97. The molecular weight excluding hydrogens is 283 g/mol. The summed E-state index contributed by atoms with van der Waals surface area (Å²) in [5.74, 6) is -0.509. The van der Waals surface area contributed by atoms with Crippen molar-refractivity contribution in [3.8, 4) is 0 Å². The van der Waals surface area contributed by atoms with Gasteiger partial charge in [0.25, 0.3) is 0 Å². The molecule has 2 atom stereocenters. The summed E-state index contributed by atoms with van der Waals surface area (Å²) in [6.07, 6.45) is 2.47. The summed E-state index contributed by atoms with van der Waals surface area (Å²) in [4.78, 5) is 25.6. The minimum Gasteiger partial charge on any atom is -0.355 e. The molecule has 1 N–H and O–H groups in total. The monoisotopic (exact) mass is 304 g/mol. The third kappa shape index (κ3) is 3.72. The first-order valence-electron chi connectivity index (χ1n) is 7.50. The molecule has 0 aliphatic carbocycles. The van der Waals surface area contributed by atoms with Crippen LogP contribution >= 0.6 is 0 Å². The lowest BCUT2D eigenvalue weighted by Crippen LogP contribution is -2.45. The lowest BCUT2D eigenvalue weighted by molar-refractivity contribution is -0.135. The van der Waals surface area contributed by atoms with Crippen molar-refractivity contribution in [3.63, 3.8) is 0 Å². The Balaban J connectivity index is 2.10. The molecule has 0 spiro atoms. The van der Waals surface area contributed by atoms with Crippen LogP contribution in [0, 0.1) is 11.7 Å². The van der Waals surface area contributed by atoms with Crippen LogP contribution in [0.4, 0.5) is 4.39 Å². The SMILES string of the molecule is C=CC(=O)N1C[C@H](Cc2cccc(F)c2)C[C@H]1C(=O)NCC. The summed E-state index contributed by atoms with van der Waals surface area (Å²) in [7, 11) is 0. The number of hydrogen-bond acceptors (Lipinski definition) is 2. The Morgan fingerprint density at radius 3 is 2.91 bits per heavy atom. The summed E-state index contributed by atoms with van der Waals surface area (Å²) in [6.45, 7) is 6.35. The number of halogens is 1. The molecular formula is C17H21FN2O2. The first kappa shape index (κ1) is 16.2. The number of benzene rings is 1. The van der Waals surface area contributed by atoms with Gasteiger partial charge in [-0.3, -0.25) is 9.59 Å². The molecule has 2 amide bonds. The second-order valence-corrected chi connectivity index (χ2v) is 5.54. The van der Waals surface area contributed by atoms with E-state index in [0.717, 1.165) is 5.56 Å². The van der Waals surface area contributed by atoms with Crippen LogP contribution in [0.15, 0.2) is 36.9 Å². The number of rotatable bonds is 5. The molecule has 0 saturated carbocycles. The number of nitrogens with one attached hydrogen (secondary N) is 1. The van der Waals surface area contributed by atoms with Gasteiger partial charge in [-0.15, -0.1) is 0 Å². The molecule has 118 valence electrons. The molecule has 22 heavy (non-hydrogen) atoms.